The molecular weight excluding hydrogens is 319 g/mol. The van der Waals surface area contributed by atoms with Gasteiger partial charge in [0.05, 0.1) is 0 Å². The van der Waals surface area contributed by atoms with E-state index in [-0.39, 0.29) is 18.0 Å². The van der Waals surface area contributed by atoms with E-state index in [0.29, 0.717) is 5.56 Å². The molecule has 0 amide bonds. The Kier molecular flexibility index (Phi) is 4.39. The van der Waals surface area contributed by atoms with Gasteiger partial charge < -0.3 is 0 Å². The molecule has 0 unspecified atom stereocenters. The van der Waals surface area contributed by atoms with Gasteiger partial charge in [-0.3, -0.25) is 4.79 Å². The van der Waals surface area contributed by atoms with Crippen molar-refractivity contribution in [1.29, 1.82) is 0 Å². The summed E-state index contributed by atoms with van der Waals surface area (Å²) in [5.41, 5.74) is 1.06. The van der Waals surface area contributed by atoms with E-state index in [2.05, 4.69) is 15.9 Å². The molecule has 0 heterocycles. The third-order valence-electron chi connectivity index (χ3n) is 3.55. The summed E-state index contributed by atoms with van der Waals surface area (Å²) < 4.78 is 14.0. The first-order valence-electron chi connectivity index (χ1n) is 6.44. The van der Waals surface area contributed by atoms with Crippen molar-refractivity contribution in [2.75, 3.05) is 0 Å². The van der Waals surface area contributed by atoms with Crippen LogP contribution in [-0.2, 0) is 16.6 Å². The van der Waals surface area contributed by atoms with Crippen molar-refractivity contribution >= 4 is 21.7 Å². The van der Waals surface area contributed by atoms with Crippen molar-refractivity contribution in [2.24, 2.45) is 0 Å². The van der Waals surface area contributed by atoms with Crippen LogP contribution < -0.4 is 0 Å². The van der Waals surface area contributed by atoms with Crippen LogP contribution in [0, 0.1) is 5.82 Å². The maximum Gasteiger partial charge on any atom is 0.147 e. The molecule has 20 heavy (non-hydrogen) atoms. The van der Waals surface area contributed by atoms with E-state index < -0.39 is 5.41 Å². The summed E-state index contributed by atoms with van der Waals surface area (Å²) in [4.78, 5) is 12.6. The molecule has 0 spiro atoms. The Morgan fingerprint density at radius 1 is 1.15 bits per heavy atom. The standard InChI is InChI=1S/C17H16BrFO/c1-17(2,13-6-4-3-5-7-13)16(20)11-12-10-14(19)8-9-15(12)18/h3-10H,11H2,1-2H3. The number of halogens is 2. The second-order valence-electron chi connectivity index (χ2n) is 5.33. The zero-order valence-corrected chi connectivity index (χ0v) is 13.1. The molecule has 1 nitrogen and oxygen atoms in total. The topological polar surface area (TPSA) is 17.1 Å². The van der Waals surface area contributed by atoms with Crippen LogP contribution in [0.25, 0.3) is 0 Å². The highest BCUT2D eigenvalue weighted by Crippen LogP contribution is 2.27. The molecule has 0 N–H and O–H groups in total. The number of carbonyl (C=O) groups is 1. The summed E-state index contributed by atoms with van der Waals surface area (Å²) in [6.45, 7) is 3.80. The molecule has 104 valence electrons. The fourth-order valence-electron chi connectivity index (χ4n) is 2.09. The Bertz CT molecular complexity index is 620. The highest BCUT2D eigenvalue weighted by Gasteiger charge is 2.29. The number of benzene rings is 2. The number of ketones is 1. The summed E-state index contributed by atoms with van der Waals surface area (Å²) >= 11 is 3.36. The van der Waals surface area contributed by atoms with Gasteiger partial charge in [-0.1, -0.05) is 46.3 Å². The van der Waals surface area contributed by atoms with Crippen molar-refractivity contribution in [3.05, 3.63) is 69.9 Å². The number of carbonyl (C=O) groups excluding carboxylic acids is 1. The average Bonchev–Trinajstić information content (AvgIpc) is 2.43. The van der Waals surface area contributed by atoms with Crippen molar-refractivity contribution < 1.29 is 9.18 Å². The van der Waals surface area contributed by atoms with E-state index in [4.69, 9.17) is 0 Å². The number of hydrogen-bond donors (Lipinski definition) is 0. The monoisotopic (exact) mass is 334 g/mol. The van der Waals surface area contributed by atoms with Crippen molar-refractivity contribution in [3.63, 3.8) is 0 Å². The first-order chi connectivity index (χ1) is 9.41. The van der Waals surface area contributed by atoms with Crippen LogP contribution in [0.1, 0.15) is 25.0 Å². The van der Waals surface area contributed by atoms with Crippen LogP contribution in [0.3, 0.4) is 0 Å². The summed E-state index contributed by atoms with van der Waals surface area (Å²) in [5.74, 6) is -0.261. The van der Waals surface area contributed by atoms with E-state index in [1.807, 2.05) is 44.2 Å². The van der Waals surface area contributed by atoms with E-state index in [1.54, 1.807) is 6.07 Å². The van der Waals surface area contributed by atoms with Crippen molar-refractivity contribution in [1.82, 2.24) is 0 Å². The van der Waals surface area contributed by atoms with Gasteiger partial charge in [0.2, 0.25) is 0 Å². The third kappa shape index (κ3) is 3.15. The Morgan fingerprint density at radius 3 is 2.45 bits per heavy atom. The normalized spacial score (nSPS) is 11.4. The van der Waals surface area contributed by atoms with Crippen LogP contribution in [-0.4, -0.2) is 5.78 Å². The first-order valence-corrected chi connectivity index (χ1v) is 7.23. The quantitative estimate of drug-likeness (QED) is 0.793. The van der Waals surface area contributed by atoms with Gasteiger partial charge >= 0.3 is 0 Å². The van der Waals surface area contributed by atoms with E-state index in [9.17, 15) is 9.18 Å². The molecule has 0 fully saturated rings. The van der Waals surface area contributed by atoms with Gasteiger partial charge in [-0.15, -0.1) is 0 Å². The lowest BCUT2D eigenvalue weighted by Crippen LogP contribution is -2.30. The highest BCUT2D eigenvalue weighted by atomic mass is 79.9. The van der Waals surface area contributed by atoms with Crippen LogP contribution >= 0.6 is 15.9 Å². The van der Waals surface area contributed by atoms with Crippen LogP contribution in [0.5, 0.6) is 0 Å². The smallest absolute Gasteiger partial charge is 0.147 e. The molecule has 0 aliphatic rings. The van der Waals surface area contributed by atoms with E-state index in [1.165, 1.54) is 12.1 Å². The van der Waals surface area contributed by atoms with Crippen molar-refractivity contribution in [2.45, 2.75) is 25.7 Å². The van der Waals surface area contributed by atoms with Crippen molar-refractivity contribution in [3.8, 4) is 0 Å². The average molecular weight is 335 g/mol. The van der Waals surface area contributed by atoms with Gasteiger partial charge in [0.15, 0.2) is 0 Å². The Balaban J connectivity index is 2.26. The Hall–Kier alpha value is -1.48. The molecule has 0 radical (unpaired) electrons. The third-order valence-corrected chi connectivity index (χ3v) is 4.32. The van der Waals surface area contributed by atoms with Gasteiger partial charge in [0.1, 0.15) is 11.6 Å². The van der Waals surface area contributed by atoms with Gasteiger partial charge in [0, 0.05) is 16.3 Å². The van der Waals surface area contributed by atoms with Crippen LogP contribution in [0.4, 0.5) is 4.39 Å². The zero-order valence-electron chi connectivity index (χ0n) is 11.5. The maximum absolute atomic E-state index is 13.3. The fourth-order valence-corrected chi connectivity index (χ4v) is 2.48. The summed E-state index contributed by atoms with van der Waals surface area (Å²) in [7, 11) is 0. The van der Waals surface area contributed by atoms with Gasteiger partial charge in [-0.2, -0.15) is 0 Å². The fraction of sp³-hybridized carbons (Fsp3) is 0.235. The zero-order chi connectivity index (χ0) is 14.8. The summed E-state index contributed by atoms with van der Waals surface area (Å²) in [5, 5.41) is 0. The Labute approximate surface area is 127 Å². The van der Waals surface area contributed by atoms with E-state index >= 15 is 0 Å². The van der Waals surface area contributed by atoms with Crippen LogP contribution in [0.2, 0.25) is 0 Å². The lowest BCUT2D eigenvalue weighted by Gasteiger charge is -2.24. The molecule has 0 saturated heterocycles. The minimum atomic E-state index is -0.590. The minimum Gasteiger partial charge on any atom is -0.298 e. The minimum absolute atomic E-state index is 0.0648. The molecule has 0 atom stereocenters. The predicted octanol–water partition coefficient (Wildman–Crippen LogP) is 4.68. The van der Waals surface area contributed by atoms with Gasteiger partial charge in [-0.05, 0) is 43.2 Å². The molecule has 2 rings (SSSR count). The van der Waals surface area contributed by atoms with E-state index in [0.717, 1.165) is 10.0 Å². The number of Topliss-reactive ketones (excluding diaryl/α,β-unsaturated/α-hetero) is 1. The largest absolute Gasteiger partial charge is 0.298 e. The number of rotatable bonds is 4. The molecule has 0 aliphatic heterocycles. The maximum atomic E-state index is 13.3. The van der Waals surface area contributed by atoms with Gasteiger partial charge in [0.25, 0.3) is 0 Å². The summed E-state index contributed by atoms with van der Waals surface area (Å²) in [6, 6.07) is 14.1. The second kappa shape index (κ2) is 5.88. The SMILES string of the molecule is CC(C)(C(=O)Cc1cc(F)ccc1Br)c1ccccc1. The molecule has 2 aromatic carbocycles. The molecule has 0 aliphatic carbocycles. The summed E-state index contributed by atoms with van der Waals surface area (Å²) in [6.07, 6.45) is 0.209. The molecule has 0 bridgehead atoms. The molecule has 2 aromatic rings. The number of hydrogen-bond acceptors (Lipinski definition) is 1. The lowest BCUT2D eigenvalue weighted by molar-refractivity contribution is -0.122. The van der Waals surface area contributed by atoms with Crippen LogP contribution in [0.15, 0.2) is 53.0 Å². The Morgan fingerprint density at radius 2 is 1.80 bits per heavy atom. The highest BCUT2D eigenvalue weighted by molar-refractivity contribution is 9.10. The first kappa shape index (κ1) is 14.9. The second-order valence-corrected chi connectivity index (χ2v) is 6.18. The molecular formula is C17H16BrFO. The molecule has 3 heteroatoms. The predicted molar refractivity (Wildman–Crippen MR) is 82.3 cm³/mol. The lowest BCUT2D eigenvalue weighted by atomic mass is 9.78. The van der Waals surface area contributed by atoms with Gasteiger partial charge in [-0.25, -0.2) is 4.39 Å². The molecule has 0 saturated carbocycles. The molecule has 0 aromatic heterocycles.